The molecule has 0 atom stereocenters. The highest BCUT2D eigenvalue weighted by Gasteiger charge is 2.23. The SMILES string of the molecule is C=CCNC(=NCCS(=O)(=O)N1CCOCC1)NCC. The van der Waals surface area contributed by atoms with Gasteiger partial charge in [0.1, 0.15) is 0 Å². The molecule has 0 amide bonds. The molecule has 7 nitrogen and oxygen atoms in total. The quantitative estimate of drug-likeness (QED) is 0.372. The van der Waals surface area contributed by atoms with Crippen LogP contribution in [0, 0.1) is 0 Å². The number of hydrogen-bond acceptors (Lipinski definition) is 4. The molecule has 8 heteroatoms. The Morgan fingerprint density at radius 1 is 1.40 bits per heavy atom. The first kappa shape index (κ1) is 16.9. The highest BCUT2D eigenvalue weighted by Crippen LogP contribution is 2.05. The number of hydrogen-bond donors (Lipinski definition) is 2. The van der Waals surface area contributed by atoms with Gasteiger partial charge in [0.2, 0.25) is 10.0 Å². The van der Waals surface area contributed by atoms with Crippen molar-refractivity contribution >= 4 is 16.0 Å². The summed E-state index contributed by atoms with van der Waals surface area (Å²) in [7, 11) is -3.24. The predicted molar refractivity (Wildman–Crippen MR) is 80.4 cm³/mol. The molecule has 116 valence electrons. The molecule has 0 aromatic carbocycles. The summed E-state index contributed by atoms with van der Waals surface area (Å²) in [5.41, 5.74) is 0. The second kappa shape index (κ2) is 8.93. The normalized spacial score (nSPS) is 17.8. The maximum atomic E-state index is 12.1. The van der Waals surface area contributed by atoms with Crippen molar-refractivity contribution in [1.82, 2.24) is 14.9 Å². The van der Waals surface area contributed by atoms with Crippen molar-refractivity contribution in [2.45, 2.75) is 6.92 Å². The van der Waals surface area contributed by atoms with Crippen LogP contribution in [0.15, 0.2) is 17.6 Å². The summed E-state index contributed by atoms with van der Waals surface area (Å²) >= 11 is 0. The van der Waals surface area contributed by atoms with Crippen molar-refractivity contribution in [3.63, 3.8) is 0 Å². The lowest BCUT2D eigenvalue weighted by molar-refractivity contribution is 0.0731. The molecule has 1 saturated heterocycles. The molecule has 0 aliphatic carbocycles. The van der Waals surface area contributed by atoms with Crippen molar-refractivity contribution in [3.8, 4) is 0 Å². The van der Waals surface area contributed by atoms with Crippen LogP contribution in [-0.2, 0) is 14.8 Å². The van der Waals surface area contributed by atoms with Gasteiger partial charge in [0.25, 0.3) is 0 Å². The van der Waals surface area contributed by atoms with E-state index in [2.05, 4.69) is 22.2 Å². The van der Waals surface area contributed by atoms with Crippen LogP contribution in [-0.4, -0.2) is 70.4 Å². The summed E-state index contributed by atoms with van der Waals surface area (Å²) < 4.78 is 30.8. The Labute approximate surface area is 121 Å². The van der Waals surface area contributed by atoms with E-state index in [-0.39, 0.29) is 12.3 Å². The van der Waals surface area contributed by atoms with Gasteiger partial charge < -0.3 is 15.4 Å². The van der Waals surface area contributed by atoms with E-state index in [1.165, 1.54) is 4.31 Å². The molecular weight excluding hydrogens is 280 g/mol. The summed E-state index contributed by atoms with van der Waals surface area (Å²) in [6.45, 7) is 8.89. The van der Waals surface area contributed by atoms with E-state index in [9.17, 15) is 8.42 Å². The minimum absolute atomic E-state index is 0.0116. The van der Waals surface area contributed by atoms with Crippen LogP contribution in [0.4, 0.5) is 0 Å². The standard InChI is InChI=1S/C12H24N4O3S/c1-3-5-14-12(13-4-2)15-6-11-20(17,18)16-7-9-19-10-8-16/h3H,1,4-11H2,2H3,(H2,13,14,15). The van der Waals surface area contributed by atoms with E-state index in [0.717, 1.165) is 6.54 Å². The van der Waals surface area contributed by atoms with E-state index < -0.39 is 10.0 Å². The maximum absolute atomic E-state index is 12.1. The number of ether oxygens (including phenoxy) is 1. The summed E-state index contributed by atoms with van der Waals surface area (Å²) in [6, 6.07) is 0. The Kier molecular flexibility index (Phi) is 7.56. The molecule has 2 N–H and O–H groups in total. The number of nitrogens with zero attached hydrogens (tertiary/aromatic N) is 2. The lowest BCUT2D eigenvalue weighted by Crippen LogP contribution is -2.42. The number of guanidine groups is 1. The zero-order valence-electron chi connectivity index (χ0n) is 12.0. The molecule has 0 spiro atoms. The minimum Gasteiger partial charge on any atom is -0.379 e. The van der Waals surface area contributed by atoms with Crippen LogP contribution < -0.4 is 10.6 Å². The Morgan fingerprint density at radius 3 is 2.70 bits per heavy atom. The first-order chi connectivity index (χ1) is 9.60. The summed E-state index contributed by atoms with van der Waals surface area (Å²) in [4.78, 5) is 4.24. The van der Waals surface area contributed by atoms with Crippen LogP contribution in [0.25, 0.3) is 0 Å². The maximum Gasteiger partial charge on any atom is 0.216 e. The van der Waals surface area contributed by atoms with Gasteiger partial charge in [-0.1, -0.05) is 6.08 Å². The van der Waals surface area contributed by atoms with Crippen molar-refractivity contribution in [2.24, 2.45) is 4.99 Å². The predicted octanol–water partition coefficient (Wildman–Crippen LogP) is -0.610. The van der Waals surface area contributed by atoms with Crippen molar-refractivity contribution in [2.75, 3.05) is 51.7 Å². The van der Waals surface area contributed by atoms with Crippen LogP contribution in [0.3, 0.4) is 0 Å². The Hall–Kier alpha value is -1.12. The number of aliphatic imine (C=N–C) groups is 1. The molecule has 0 bridgehead atoms. The Bertz CT molecular complexity index is 416. The third-order valence-corrected chi connectivity index (χ3v) is 4.59. The van der Waals surface area contributed by atoms with Gasteiger partial charge in [-0.05, 0) is 6.92 Å². The molecule has 0 saturated carbocycles. The fraction of sp³-hybridized carbons (Fsp3) is 0.750. The number of morpholine rings is 1. The van der Waals surface area contributed by atoms with Crippen LogP contribution >= 0.6 is 0 Å². The second-order valence-corrected chi connectivity index (χ2v) is 6.35. The van der Waals surface area contributed by atoms with Gasteiger partial charge in [-0.25, -0.2) is 8.42 Å². The third-order valence-electron chi connectivity index (χ3n) is 2.74. The third kappa shape index (κ3) is 5.89. The molecule has 0 radical (unpaired) electrons. The zero-order valence-corrected chi connectivity index (χ0v) is 12.8. The largest absolute Gasteiger partial charge is 0.379 e. The van der Waals surface area contributed by atoms with Crippen molar-refractivity contribution in [3.05, 3.63) is 12.7 Å². The molecule has 1 heterocycles. The summed E-state index contributed by atoms with van der Waals surface area (Å²) in [5.74, 6) is 0.613. The van der Waals surface area contributed by atoms with Gasteiger partial charge >= 0.3 is 0 Å². The Balaban J connectivity index is 2.48. The molecule has 1 aliphatic heterocycles. The monoisotopic (exact) mass is 304 g/mol. The zero-order chi connectivity index (χ0) is 14.8. The minimum atomic E-state index is -3.24. The average Bonchev–Trinajstić information content (AvgIpc) is 2.45. The molecule has 20 heavy (non-hydrogen) atoms. The van der Waals surface area contributed by atoms with E-state index in [4.69, 9.17) is 4.74 Å². The van der Waals surface area contributed by atoms with E-state index in [1.807, 2.05) is 6.92 Å². The molecular formula is C12H24N4O3S. The topological polar surface area (TPSA) is 83.0 Å². The first-order valence-electron chi connectivity index (χ1n) is 6.78. The fourth-order valence-corrected chi connectivity index (χ4v) is 3.02. The van der Waals surface area contributed by atoms with Gasteiger partial charge in [0.15, 0.2) is 5.96 Å². The average molecular weight is 304 g/mol. The van der Waals surface area contributed by atoms with Crippen LogP contribution in [0.2, 0.25) is 0 Å². The lowest BCUT2D eigenvalue weighted by Gasteiger charge is -2.25. The van der Waals surface area contributed by atoms with Gasteiger partial charge in [-0.15, -0.1) is 6.58 Å². The summed E-state index contributed by atoms with van der Waals surface area (Å²) in [6.07, 6.45) is 1.72. The van der Waals surface area contributed by atoms with Crippen LogP contribution in [0.5, 0.6) is 0 Å². The van der Waals surface area contributed by atoms with Gasteiger partial charge in [-0.3, -0.25) is 4.99 Å². The molecule has 1 aliphatic rings. The summed E-state index contributed by atoms with van der Waals surface area (Å²) in [5, 5.41) is 6.07. The van der Waals surface area contributed by atoms with Crippen molar-refractivity contribution < 1.29 is 13.2 Å². The van der Waals surface area contributed by atoms with E-state index in [1.54, 1.807) is 6.08 Å². The highest BCUT2D eigenvalue weighted by molar-refractivity contribution is 7.89. The second-order valence-electron chi connectivity index (χ2n) is 4.26. The number of sulfonamides is 1. The molecule has 0 aromatic heterocycles. The highest BCUT2D eigenvalue weighted by atomic mass is 32.2. The molecule has 1 fully saturated rings. The number of rotatable bonds is 7. The van der Waals surface area contributed by atoms with E-state index >= 15 is 0 Å². The van der Waals surface area contributed by atoms with Crippen LogP contribution in [0.1, 0.15) is 6.92 Å². The number of nitrogens with one attached hydrogen (secondary N) is 2. The molecule has 0 aromatic rings. The molecule has 1 rings (SSSR count). The van der Waals surface area contributed by atoms with E-state index in [0.29, 0.717) is 38.8 Å². The fourth-order valence-electron chi connectivity index (χ4n) is 1.74. The van der Waals surface area contributed by atoms with Crippen molar-refractivity contribution in [1.29, 1.82) is 0 Å². The first-order valence-corrected chi connectivity index (χ1v) is 8.39. The van der Waals surface area contributed by atoms with Gasteiger partial charge in [0, 0.05) is 26.2 Å². The lowest BCUT2D eigenvalue weighted by atomic mass is 10.5. The van der Waals surface area contributed by atoms with Gasteiger partial charge in [0.05, 0.1) is 25.5 Å². The molecule has 0 unspecified atom stereocenters. The Morgan fingerprint density at radius 2 is 2.10 bits per heavy atom. The smallest absolute Gasteiger partial charge is 0.216 e. The van der Waals surface area contributed by atoms with Gasteiger partial charge in [-0.2, -0.15) is 4.31 Å².